The van der Waals surface area contributed by atoms with Gasteiger partial charge in [-0.2, -0.15) is 0 Å². The van der Waals surface area contributed by atoms with Crippen LogP contribution in [0.15, 0.2) is 22.8 Å². The third kappa shape index (κ3) is 7.49. The van der Waals surface area contributed by atoms with Crippen molar-refractivity contribution in [2.24, 2.45) is 0 Å². The second-order valence-electron chi connectivity index (χ2n) is 6.08. The van der Waals surface area contributed by atoms with Crippen LogP contribution < -0.4 is 3.71 Å². The molecule has 0 unspecified atom stereocenters. The Balaban J connectivity index is 2.85. The number of hydrogen-bond acceptors (Lipinski definition) is 1. The van der Waals surface area contributed by atoms with E-state index >= 15 is 0 Å². The van der Waals surface area contributed by atoms with Crippen LogP contribution in [0.25, 0.3) is 0 Å². The molecule has 0 aliphatic heterocycles. The van der Waals surface area contributed by atoms with Gasteiger partial charge in [-0.25, -0.2) is 0 Å². The van der Waals surface area contributed by atoms with Gasteiger partial charge in [-0.1, -0.05) is 0 Å². The molecule has 0 N–H and O–H groups in total. The summed E-state index contributed by atoms with van der Waals surface area (Å²) in [6, 6.07) is 4.45. The fourth-order valence-corrected chi connectivity index (χ4v) is 8.04. The van der Waals surface area contributed by atoms with Crippen molar-refractivity contribution < 1.29 is 0 Å². The van der Waals surface area contributed by atoms with Crippen molar-refractivity contribution in [3.63, 3.8) is 0 Å². The van der Waals surface area contributed by atoms with Crippen LogP contribution in [0.3, 0.4) is 0 Å². The molecule has 1 nitrogen and oxygen atoms in total. The van der Waals surface area contributed by atoms with E-state index in [4.69, 9.17) is 4.98 Å². The van der Waals surface area contributed by atoms with Gasteiger partial charge >= 0.3 is 151 Å². The number of rotatable bonds is 11. The van der Waals surface area contributed by atoms with Crippen molar-refractivity contribution in [3.05, 3.63) is 22.8 Å². The summed E-state index contributed by atoms with van der Waals surface area (Å²) in [6.07, 6.45) is 14.5. The van der Waals surface area contributed by atoms with Gasteiger partial charge < -0.3 is 0 Å². The van der Waals surface area contributed by atoms with E-state index in [1.165, 1.54) is 61.5 Å². The van der Waals surface area contributed by atoms with E-state index < -0.39 is 21.1 Å². The van der Waals surface area contributed by atoms with Gasteiger partial charge in [-0.3, -0.25) is 0 Å². The summed E-state index contributed by atoms with van der Waals surface area (Å²) < 4.78 is 3.18. The molecule has 0 aromatic carbocycles. The topological polar surface area (TPSA) is 12.9 Å². The Labute approximate surface area is 150 Å². The van der Waals surface area contributed by atoms with Crippen LogP contribution in [0.5, 0.6) is 0 Å². The Bertz CT molecular complexity index is 356. The van der Waals surface area contributed by atoms with Gasteiger partial charge in [0.2, 0.25) is 0 Å². The Hall–Kier alpha value is 0.429. The molecule has 1 rings (SSSR count). The van der Waals surface area contributed by atoms with E-state index in [2.05, 4.69) is 48.8 Å². The van der Waals surface area contributed by atoms with Gasteiger partial charge in [0.05, 0.1) is 0 Å². The average molecular weight is 459 g/mol. The van der Waals surface area contributed by atoms with E-state index in [0.717, 1.165) is 4.47 Å². The molecule has 0 aliphatic carbocycles. The van der Waals surface area contributed by atoms with E-state index in [-0.39, 0.29) is 0 Å². The van der Waals surface area contributed by atoms with E-state index in [1.54, 1.807) is 0 Å². The molecule has 1 aromatic rings. The molecule has 0 saturated carbocycles. The zero-order valence-electron chi connectivity index (χ0n) is 13.9. The molecule has 0 aliphatic rings. The number of aromatic nitrogens is 1. The van der Waals surface area contributed by atoms with Crippen LogP contribution in [-0.4, -0.2) is 26.1 Å². The number of halogens is 1. The minimum absolute atomic E-state index is 0.642. The summed E-state index contributed by atoms with van der Waals surface area (Å²) in [5.74, 6) is 0. The SMILES string of the molecule is CCCC[C](CCCC)(CCCC)[Sn][c]1ccc(Br)cn1. The summed E-state index contributed by atoms with van der Waals surface area (Å²) in [4.78, 5) is 4.72. The Kier molecular flexibility index (Phi) is 10.2. The van der Waals surface area contributed by atoms with Gasteiger partial charge in [0.25, 0.3) is 0 Å². The van der Waals surface area contributed by atoms with Crippen molar-refractivity contribution >= 4 is 40.8 Å². The van der Waals surface area contributed by atoms with Gasteiger partial charge in [0, 0.05) is 0 Å². The van der Waals surface area contributed by atoms with Crippen LogP contribution in [-0.2, 0) is 0 Å². The maximum absolute atomic E-state index is 4.72. The standard InChI is InChI=1S/C13H27.C5H3BrN.Sn/c1-4-7-10-13(11-8-5-2)12-9-6-3;6-5-2-1-3-7-4-5;/h4-12H2,1-3H3;1-2,4H;. The van der Waals surface area contributed by atoms with E-state index in [0.29, 0.717) is 3.43 Å². The predicted molar refractivity (Wildman–Crippen MR) is 98.6 cm³/mol. The van der Waals surface area contributed by atoms with Gasteiger partial charge in [0.15, 0.2) is 0 Å². The third-order valence-electron chi connectivity index (χ3n) is 4.15. The van der Waals surface area contributed by atoms with Crippen LogP contribution in [0, 0.1) is 0 Å². The first-order valence-electron chi connectivity index (χ1n) is 8.55. The first-order chi connectivity index (χ1) is 10.2. The number of pyridine rings is 1. The molecular weight excluding hydrogens is 429 g/mol. The number of hydrogen-bond donors (Lipinski definition) is 0. The first kappa shape index (κ1) is 19.5. The first-order valence-corrected chi connectivity index (χ1v) is 12.2. The normalized spacial score (nSPS) is 11.8. The molecule has 0 fully saturated rings. The Morgan fingerprint density at radius 3 is 1.86 bits per heavy atom. The van der Waals surface area contributed by atoms with Crippen LogP contribution in [0.4, 0.5) is 0 Å². The molecule has 0 bridgehead atoms. The summed E-state index contributed by atoms with van der Waals surface area (Å²) >= 11 is 2.87. The van der Waals surface area contributed by atoms with E-state index in [9.17, 15) is 0 Å². The number of unbranched alkanes of at least 4 members (excludes halogenated alkanes) is 3. The van der Waals surface area contributed by atoms with Crippen molar-refractivity contribution in [3.8, 4) is 0 Å². The zero-order chi connectivity index (χ0) is 15.6. The van der Waals surface area contributed by atoms with Crippen molar-refractivity contribution in [1.82, 2.24) is 4.98 Å². The Morgan fingerprint density at radius 2 is 1.48 bits per heavy atom. The second-order valence-corrected chi connectivity index (χ2v) is 12.2. The Morgan fingerprint density at radius 1 is 0.952 bits per heavy atom. The monoisotopic (exact) mass is 459 g/mol. The predicted octanol–water partition coefficient (Wildman–Crippen LogP) is 5.90. The van der Waals surface area contributed by atoms with Crippen LogP contribution in [0.2, 0.25) is 3.43 Å². The molecule has 3 heteroatoms. The fourth-order valence-electron chi connectivity index (χ4n) is 2.83. The molecule has 0 saturated heterocycles. The molecule has 118 valence electrons. The maximum atomic E-state index is 4.72. The minimum atomic E-state index is -0.642. The molecule has 2 radical (unpaired) electrons. The van der Waals surface area contributed by atoms with Gasteiger partial charge in [-0.05, 0) is 0 Å². The van der Waals surface area contributed by atoms with E-state index in [1.807, 2.05) is 6.20 Å². The van der Waals surface area contributed by atoms with Gasteiger partial charge in [0.1, 0.15) is 0 Å². The molecule has 21 heavy (non-hydrogen) atoms. The van der Waals surface area contributed by atoms with Crippen molar-refractivity contribution in [2.75, 3.05) is 0 Å². The molecule has 1 aromatic heterocycles. The molecule has 0 amide bonds. The number of nitrogens with zero attached hydrogens (tertiary/aromatic N) is 1. The molecule has 0 spiro atoms. The summed E-state index contributed by atoms with van der Waals surface area (Å²) in [6.45, 7) is 6.98. The van der Waals surface area contributed by atoms with Crippen LogP contribution >= 0.6 is 15.9 Å². The average Bonchev–Trinajstić information content (AvgIpc) is 2.51. The third-order valence-corrected chi connectivity index (χ3v) is 9.85. The van der Waals surface area contributed by atoms with Crippen molar-refractivity contribution in [1.29, 1.82) is 0 Å². The molecule has 1 heterocycles. The molecule has 0 atom stereocenters. The fraction of sp³-hybridized carbons (Fsp3) is 0.722. The summed E-state index contributed by atoms with van der Waals surface area (Å²) in [7, 11) is 0. The summed E-state index contributed by atoms with van der Waals surface area (Å²) in [5, 5.41) is 0. The van der Waals surface area contributed by atoms with Crippen molar-refractivity contribution in [2.45, 2.75) is 82.0 Å². The quantitative estimate of drug-likeness (QED) is 0.376. The van der Waals surface area contributed by atoms with Crippen LogP contribution in [0.1, 0.15) is 78.6 Å². The zero-order valence-corrected chi connectivity index (χ0v) is 18.4. The molecular formula is C18H30BrNSn. The summed E-state index contributed by atoms with van der Waals surface area (Å²) in [5.41, 5.74) is 0. The second kappa shape index (κ2) is 11.0. The van der Waals surface area contributed by atoms with Gasteiger partial charge in [-0.15, -0.1) is 0 Å².